The van der Waals surface area contributed by atoms with E-state index in [0.717, 1.165) is 14.2 Å². The molecule has 0 aliphatic heterocycles. The molecule has 110 valence electrons. The van der Waals surface area contributed by atoms with E-state index in [1.807, 2.05) is 5.43 Å². The van der Waals surface area contributed by atoms with Gasteiger partial charge in [-0.3, -0.25) is 9.36 Å². The Labute approximate surface area is 111 Å². The third kappa shape index (κ3) is 4.98. The lowest BCUT2D eigenvalue weighted by molar-refractivity contribution is -0.141. The first-order valence-electron chi connectivity index (χ1n) is 5.29. The van der Waals surface area contributed by atoms with Crippen molar-refractivity contribution in [2.75, 3.05) is 20.8 Å². The fourth-order valence-corrected chi connectivity index (χ4v) is 2.66. The number of hydrogen-bond donors (Lipinski definition) is 2. The molecule has 0 rings (SSSR count). The van der Waals surface area contributed by atoms with Gasteiger partial charge in [-0.05, 0) is 13.8 Å². The van der Waals surface area contributed by atoms with Crippen molar-refractivity contribution >= 4 is 25.3 Å². The largest absolute Gasteiger partial charge is 0.465 e. The van der Waals surface area contributed by atoms with Gasteiger partial charge in [-0.2, -0.15) is 5.10 Å². The minimum Gasteiger partial charge on any atom is -0.465 e. The number of esters is 1. The minimum atomic E-state index is -3.79. The van der Waals surface area contributed by atoms with Crippen LogP contribution in [0.5, 0.6) is 0 Å². The predicted octanol–water partition coefficient (Wildman–Crippen LogP) is 0.448. The van der Waals surface area contributed by atoms with E-state index in [4.69, 9.17) is 19.5 Å². The first-order chi connectivity index (χ1) is 8.82. The lowest BCUT2D eigenvalue weighted by atomic mass is 10.3. The van der Waals surface area contributed by atoms with Crippen LogP contribution >= 0.6 is 7.60 Å². The maximum atomic E-state index is 12.3. The third-order valence-electron chi connectivity index (χ3n) is 2.07. The average Bonchev–Trinajstić information content (AvgIpc) is 2.36. The SMILES string of the molecule is CCOC(=O)C(/C(C)=N/NC(N)=O)P(=O)(OC)OC. The van der Waals surface area contributed by atoms with Crippen LogP contribution in [0.1, 0.15) is 13.8 Å². The van der Waals surface area contributed by atoms with Gasteiger partial charge in [-0.1, -0.05) is 0 Å². The normalized spacial score (nSPS) is 13.8. The topological polar surface area (TPSA) is 129 Å². The Hall–Kier alpha value is -1.44. The number of ether oxygens (including phenoxy) is 1. The van der Waals surface area contributed by atoms with Gasteiger partial charge < -0.3 is 19.5 Å². The Morgan fingerprint density at radius 3 is 2.26 bits per heavy atom. The van der Waals surface area contributed by atoms with E-state index in [-0.39, 0.29) is 12.3 Å². The number of hydrazone groups is 1. The first kappa shape index (κ1) is 17.6. The summed E-state index contributed by atoms with van der Waals surface area (Å²) >= 11 is 0. The van der Waals surface area contributed by atoms with E-state index in [1.54, 1.807) is 6.92 Å². The highest BCUT2D eigenvalue weighted by Gasteiger charge is 2.43. The molecule has 3 N–H and O–H groups in total. The number of nitrogens with two attached hydrogens (primary N) is 1. The van der Waals surface area contributed by atoms with Gasteiger partial charge in [0.25, 0.3) is 0 Å². The monoisotopic (exact) mass is 295 g/mol. The Kier molecular flexibility index (Phi) is 7.28. The van der Waals surface area contributed by atoms with Crippen LogP contribution in [0, 0.1) is 0 Å². The highest BCUT2D eigenvalue weighted by Crippen LogP contribution is 2.52. The molecule has 1 unspecified atom stereocenters. The number of amides is 2. The van der Waals surface area contributed by atoms with Gasteiger partial charge in [-0.25, -0.2) is 10.2 Å². The molecule has 0 saturated heterocycles. The summed E-state index contributed by atoms with van der Waals surface area (Å²) in [6, 6.07) is -0.924. The van der Waals surface area contributed by atoms with Crippen molar-refractivity contribution in [3.05, 3.63) is 0 Å². The summed E-state index contributed by atoms with van der Waals surface area (Å²) in [5.74, 6) is -0.831. The molecule has 0 aromatic carbocycles. The van der Waals surface area contributed by atoms with E-state index in [1.165, 1.54) is 6.92 Å². The van der Waals surface area contributed by atoms with Crippen molar-refractivity contribution in [2.45, 2.75) is 19.5 Å². The molecule has 0 bridgehead atoms. The Morgan fingerprint density at radius 1 is 1.37 bits per heavy atom. The van der Waals surface area contributed by atoms with Crippen LogP contribution in [0.2, 0.25) is 0 Å². The van der Waals surface area contributed by atoms with Crippen LogP contribution in [-0.2, 0) is 23.1 Å². The van der Waals surface area contributed by atoms with E-state index in [9.17, 15) is 14.2 Å². The van der Waals surface area contributed by atoms with Gasteiger partial charge in [0.15, 0.2) is 5.66 Å². The standard InChI is InChI=1S/C9H18N3O6P/c1-5-18-8(13)7(19(15,16-3)17-4)6(2)11-12-9(10)14/h7H,5H2,1-4H3,(H3,10,12,14)/b11-6+. The predicted molar refractivity (Wildman–Crippen MR) is 67.9 cm³/mol. The molecule has 0 saturated carbocycles. The maximum absolute atomic E-state index is 12.3. The second-order valence-corrected chi connectivity index (χ2v) is 5.62. The molecular weight excluding hydrogens is 277 g/mol. The van der Waals surface area contributed by atoms with E-state index in [0.29, 0.717) is 0 Å². The first-order valence-corrected chi connectivity index (χ1v) is 6.91. The molecule has 19 heavy (non-hydrogen) atoms. The minimum absolute atomic E-state index is 0.00992. The van der Waals surface area contributed by atoms with Crippen LogP contribution in [0.4, 0.5) is 4.79 Å². The van der Waals surface area contributed by atoms with Crippen molar-refractivity contribution in [3.8, 4) is 0 Å². The lowest BCUT2D eigenvalue weighted by Gasteiger charge is -2.22. The van der Waals surface area contributed by atoms with E-state index >= 15 is 0 Å². The fraction of sp³-hybridized carbons (Fsp3) is 0.667. The quantitative estimate of drug-likeness (QED) is 0.303. The number of carbonyl (C=O) groups excluding carboxylic acids is 2. The Bertz CT molecular complexity index is 403. The number of carbonyl (C=O) groups is 2. The van der Waals surface area contributed by atoms with Gasteiger partial charge in [0.05, 0.1) is 12.3 Å². The fourth-order valence-electron chi connectivity index (χ4n) is 1.24. The van der Waals surface area contributed by atoms with Crippen molar-refractivity contribution in [3.63, 3.8) is 0 Å². The van der Waals surface area contributed by atoms with Crippen molar-refractivity contribution in [1.29, 1.82) is 0 Å². The number of nitrogens with one attached hydrogen (secondary N) is 1. The van der Waals surface area contributed by atoms with Crippen LogP contribution < -0.4 is 11.2 Å². The molecular formula is C9H18N3O6P. The average molecular weight is 295 g/mol. The molecule has 0 fully saturated rings. The highest BCUT2D eigenvalue weighted by atomic mass is 31.2. The highest BCUT2D eigenvalue weighted by molar-refractivity contribution is 7.57. The molecule has 0 aliphatic rings. The second kappa shape index (κ2) is 7.88. The van der Waals surface area contributed by atoms with Crippen LogP contribution in [-0.4, -0.2) is 44.2 Å². The second-order valence-electron chi connectivity index (χ2n) is 3.29. The zero-order chi connectivity index (χ0) is 15.1. The van der Waals surface area contributed by atoms with Crippen molar-refractivity contribution in [2.24, 2.45) is 10.8 Å². The van der Waals surface area contributed by atoms with E-state index < -0.39 is 25.3 Å². The third-order valence-corrected chi connectivity index (χ3v) is 4.31. The molecule has 0 radical (unpaired) electrons. The van der Waals surface area contributed by atoms with Gasteiger partial charge in [0.1, 0.15) is 0 Å². The smallest absolute Gasteiger partial charge is 0.350 e. The molecule has 1 atom stereocenters. The molecule has 0 aromatic rings. The number of rotatable bonds is 7. The zero-order valence-corrected chi connectivity index (χ0v) is 12.1. The van der Waals surface area contributed by atoms with Crippen LogP contribution in [0.3, 0.4) is 0 Å². The summed E-state index contributed by atoms with van der Waals surface area (Å²) in [6.07, 6.45) is 0. The lowest BCUT2D eigenvalue weighted by Crippen LogP contribution is -2.34. The molecule has 10 heteroatoms. The van der Waals surface area contributed by atoms with Crippen molar-refractivity contribution < 1.29 is 27.9 Å². The van der Waals surface area contributed by atoms with E-state index in [2.05, 4.69) is 5.10 Å². The zero-order valence-electron chi connectivity index (χ0n) is 11.2. The maximum Gasteiger partial charge on any atom is 0.350 e. The summed E-state index contributed by atoms with van der Waals surface area (Å²) in [4.78, 5) is 22.4. The number of hydrogen-bond acceptors (Lipinski definition) is 7. The van der Waals surface area contributed by atoms with Crippen LogP contribution in [0.15, 0.2) is 5.10 Å². The summed E-state index contributed by atoms with van der Waals surface area (Å²) in [6.45, 7) is 3.04. The number of nitrogens with zero attached hydrogens (tertiary/aromatic N) is 1. The number of urea groups is 1. The van der Waals surface area contributed by atoms with Gasteiger partial charge >= 0.3 is 19.6 Å². The molecule has 0 spiro atoms. The number of primary amides is 1. The molecule has 0 aromatic heterocycles. The summed E-state index contributed by atoms with van der Waals surface area (Å²) in [7, 11) is -1.53. The van der Waals surface area contributed by atoms with Crippen LogP contribution in [0.25, 0.3) is 0 Å². The molecule has 9 nitrogen and oxygen atoms in total. The van der Waals surface area contributed by atoms with Crippen molar-refractivity contribution in [1.82, 2.24) is 5.43 Å². The summed E-state index contributed by atoms with van der Waals surface area (Å²) in [5, 5.41) is 3.55. The molecule has 0 aliphatic carbocycles. The van der Waals surface area contributed by atoms with Gasteiger partial charge in [-0.15, -0.1) is 0 Å². The molecule has 2 amide bonds. The summed E-state index contributed by atoms with van der Waals surface area (Å²) in [5.41, 5.74) is 5.38. The molecule has 0 heterocycles. The van der Waals surface area contributed by atoms with Gasteiger partial charge in [0.2, 0.25) is 0 Å². The summed E-state index contributed by atoms with van der Waals surface area (Å²) < 4.78 is 26.6. The Balaban J connectivity index is 5.39. The van der Waals surface area contributed by atoms with Gasteiger partial charge in [0, 0.05) is 14.2 Å². The Morgan fingerprint density at radius 2 is 1.89 bits per heavy atom.